The summed E-state index contributed by atoms with van der Waals surface area (Å²) in [6, 6.07) is 24.4. The first kappa shape index (κ1) is 29.0. The molecule has 0 atom stereocenters. The van der Waals surface area contributed by atoms with E-state index in [-0.39, 0.29) is 4.91 Å². The van der Waals surface area contributed by atoms with Gasteiger partial charge >= 0.3 is 0 Å². The Hall–Kier alpha value is -4.47. The van der Waals surface area contributed by atoms with Crippen LogP contribution in [0.5, 0.6) is 17.2 Å². The molecule has 1 saturated heterocycles. The van der Waals surface area contributed by atoms with Gasteiger partial charge in [-0.3, -0.25) is 19.3 Å². The molecule has 1 aliphatic rings. The second kappa shape index (κ2) is 13.0. The first-order valence-electron chi connectivity index (χ1n) is 13.1. The number of hydrogen-bond acceptors (Lipinski definition) is 7. The number of hydrogen-bond donors (Lipinski definition) is 1. The molecular formula is C32H27ClN2O6S. The van der Waals surface area contributed by atoms with Crippen LogP contribution in [0, 0.1) is 0 Å². The van der Waals surface area contributed by atoms with Crippen molar-refractivity contribution in [3.63, 3.8) is 0 Å². The number of imide groups is 1. The summed E-state index contributed by atoms with van der Waals surface area (Å²) in [5.74, 6) is 0.450. The number of nitrogens with one attached hydrogen (secondary N) is 1. The Morgan fingerprint density at radius 2 is 1.71 bits per heavy atom. The Morgan fingerprint density at radius 1 is 0.929 bits per heavy atom. The number of amides is 3. The van der Waals surface area contributed by atoms with Crippen molar-refractivity contribution in [2.75, 3.05) is 25.6 Å². The fourth-order valence-electron chi connectivity index (χ4n) is 4.37. The molecule has 0 aliphatic carbocycles. The topological polar surface area (TPSA) is 94.2 Å². The van der Waals surface area contributed by atoms with E-state index in [9.17, 15) is 14.4 Å². The third-order valence-corrected chi connectivity index (χ3v) is 7.59. The molecule has 1 N–H and O–H groups in total. The number of halogens is 1. The average molecular weight is 603 g/mol. The van der Waals surface area contributed by atoms with E-state index in [0.29, 0.717) is 46.7 Å². The predicted octanol–water partition coefficient (Wildman–Crippen LogP) is 7.15. The van der Waals surface area contributed by atoms with Gasteiger partial charge in [0.05, 0.1) is 23.6 Å². The van der Waals surface area contributed by atoms with Crippen LogP contribution in [0.25, 0.3) is 16.8 Å². The van der Waals surface area contributed by atoms with Gasteiger partial charge in [-0.15, -0.1) is 0 Å². The maximum atomic E-state index is 13.0. The highest BCUT2D eigenvalue weighted by molar-refractivity contribution is 8.18. The van der Waals surface area contributed by atoms with Crippen LogP contribution in [0.4, 0.5) is 10.5 Å². The molecule has 10 heteroatoms. The lowest BCUT2D eigenvalue weighted by atomic mass is 10.1. The van der Waals surface area contributed by atoms with Crippen LogP contribution in [0.2, 0.25) is 5.02 Å². The Balaban J connectivity index is 1.26. The van der Waals surface area contributed by atoms with E-state index in [1.54, 1.807) is 36.4 Å². The number of rotatable bonds is 10. The van der Waals surface area contributed by atoms with E-state index in [1.807, 2.05) is 25.1 Å². The van der Waals surface area contributed by atoms with Crippen molar-refractivity contribution < 1.29 is 28.6 Å². The monoisotopic (exact) mass is 602 g/mol. The largest absolute Gasteiger partial charge is 0.495 e. The van der Waals surface area contributed by atoms with Crippen LogP contribution < -0.4 is 19.5 Å². The molecular weight excluding hydrogens is 576 g/mol. The van der Waals surface area contributed by atoms with Gasteiger partial charge in [0.2, 0.25) is 5.91 Å². The lowest BCUT2D eigenvalue weighted by Crippen LogP contribution is -2.36. The maximum Gasteiger partial charge on any atom is 0.294 e. The molecule has 8 nitrogen and oxygen atoms in total. The van der Waals surface area contributed by atoms with E-state index in [2.05, 4.69) is 29.6 Å². The van der Waals surface area contributed by atoms with E-state index in [0.717, 1.165) is 33.0 Å². The van der Waals surface area contributed by atoms with Gasteiger partial charge in [0.15, 0.2) is 11.5 Å². The number of fused-ring (bicyclic) bond motifs is 1. The lowest BCUT2D eigenvalue weighted by Gasteiger charge is -2.14. The predicted molar refractivity (Wildman–Crippen MR) is 165 cm³/mol. The molecule has 214 valence electrons. The van der Waals surface area contributed by atoms with Gasteiger partial charge < -0.3 is 19.5 Å². The van der Waals surface area contributed by atoms with Gasteiger partial charge in [-0.2, -0.15) is 0 Å². The molecule has 5 rings (SSSR count). The summed E-state index contributed by atoms with van der Waals surface area (Å²) in [5, 5.41) is 4.72. The van der Waals surface area contributed by atoms with Crippen molar-refractivity contribution in [3.8, 4) is 17.2 Å². The van der Waals surface area contributed by atoms with E-state index in [4.69, 9.17) is 25.8 Å². The Morgan fingerprint density at radius 3 is 2.48 bits per heavy atom. The quantitative estimate of drug-likeness (QED) is 0.193. The minimum atomic E-state index is -0.553. The number of thioether (sulfide) groups is 1. The van der Waals surface area contributed by atoms with Gasteiger partial charge in [-0.25, -0.2) is 0 Å². The molecule has 4 aromatic carbocycles. The van der Waals surface area contributed by atoms with Gasteiger partial charge in [0.1, 0.15) is 18.9 Å². The highest BCUT2D eigenvalue weighted by atomic mass is 35.5. The summed E-state index contributed by atoms with van der Waals surface area (Å²) in [6.45, 7) is 2.21. The summed E-state index contributed by atoms with van der Waals surface area (Å²) < 4.78 is 17.0. The van der Waals surface area contributed by atoms with E-state index in [1.165, 1.54) is 13.2 Å². The standard InChI is InChI=1S/C32H27ClN2O6S/c1-3-40-28-15-20(9-12-27(28)41-19-21-8-10-22-6-4-5-7-23(22)14-21)16-29-31(37)35(32(38)42-29)18-30(36)34-24-11-13-26(39-2)25(33)17-24/h4-17H,3,18-19H2,1-2H3,(H,34,36)/b29-16+. The van der Waals surface area contributed by atoms with Crippen LogP contribution >= 0.6 is 23.4 Å². The smallest absolute Gasteiger partial charge is 0.294 e. The van der Waals surface area contributed by atoms with Crippen molar-refractivity contribution in [2.24, 2.45) is 0 Å². The molecule has 0 radical (unpaired) electrons. The third kappa shape index (κ3) is 6.70. The van der Waals surface area contributed by atoms with Crippen LogP contribution in [0.1, 0.15) is 18.1 Å². The van der Waals surface area contributed by atoms with Crippen LogP contribution in [0.3, 0.4) is 0 Å². The Kier molecular flexibility index (Phi) is 9.00. The molecule has 1 aliphatic heterocycles. The number of methoxy groups -OCH3 is 1. The summed E-state index contributed by atoms with van der Waals surface area (Å²) in [7, 11) is 1.49. The number of carbonyl (C=O) groups is 3. The Bertz CT molecular complexity index is 1710. The molecule has 3 amide bonds. The van der Waals surface area contributed by atoms with Crippen LogP contribution in [0.15, 0.2) is 83.8 Å². The number of carbonyl (C=O) groups excluding carboxylic acids is 3. The zero-order chi connectivity index (χ0) is 29.6. The van der Waals surface area contributed by atoms with E-state index >= 15 is 0 Å². The first-order chi connectivity index (χ1) is 20.3. The SMILES string of the molecule is CCOc1cc(/C=C2/SC(=O)N(CC(=O)Nc3ccc(OC)c(Cl)c3)C2=O)ccc1OCc1ccc2ccccc2c1. The normalized spacial score (nSPS) is 14.0. The highest BCUT2D eigenvalue weighted by Gasteiger charge is 2.36. The first-order valence-corrected chi connectivity index (χ1v) is 14.3. The van der Waals surface area contributed by atoms with Crippen molar-refractivity contribution in [2.45, 2.75) is 13.5 Å². The lowest BCUT2D eigenvalue weighted by molar-refractivity contribution is -0.127. The second-order valence-corrected chi connectivity index (χ2v) is 10.7. The molecule has 0 bridgehead atoms. The molecule has 1 fully saturated rings. The third-order valence-electron chi connectivity index (χ3n) is 6.38. The molecule has 0 saturated carbocycles. The molecule has 4 aromatic rings. The van der Waals surface area contributed by atoms with Crippen LogP contribution in [-0.2, 0) is 16.2 Å². The minimum Gasteiger partial charge on any atom is -0.495 e. The van der Waals surface area contributed by atoms with Crippen LogP contribution in [-0.4, -0.2) is 42.2 Å². The zero-order valence-electron chi connectivity index (χ0n) is 22.9. The number of benzene rings is 4. The number of nitrogens with zero attached hydrogens (tertiary/aromatic N) is 1. The number of ether oxygens (including phenoxy) is 3. The Labute approximate surface area is 252 Å². The van der Waals surface area contributed by atoms with Crippen molar-refractivity contribution in [1.29, 1.82) is 0 Å². The molecule has 0 unspecified atom stereocenters. The fraction of sp³-hybridized carbons (Fsp3) is 0.156. The maximum absolute atomic E-state index is 13.0. The highest BCUT2D eigenvalue weighted by Crippen LogP contribution is 2.35. The summed E-state index contributed by atoms with van der Waals surface area (Å²) >= 11 is 6.88. The van der Waals surface area contributed by atoms with Gasteiger partial charge in [-0.05, 0) is 83.1 Å². The van der Waals surface area contributed by atoms with Crippen molar-refractivity contribution in [1.82, 2.24) is 4.90 Å². The second-order valence-electron chi connectivity index (χ2n) is 9.27. The molecule has 1 heterocycles. The number of anilines is 1. The van der Waals surface area contributed by atoms with Gasteiger partial charge in [0, 0.05) is 5.69 Å². The average Bonchev–Trinajstić information content (AvgIpc) is 3.24. The summed E-state index contributed by atoms with van der Waals surface area (Å²) in [5.41, 5.74) is 2.09. The van der Waals surface area contributed by atoms with Crippen molar-refractivity contribution in [3.05, 3.63) is 99.9 Å². The van der Waals surface area contributed by atoms with Gasteiger partial charge in [0.25, 0.3) is 11.1 Å². The summed E-state index contributed by atoms with van der Waals surface area (Å²) in [4.78, 5) is 39.3. The zero-order valence-corrected chi connectivity index (χ0v) is 24.5. The summed E-state index contributed by atoms with van der Waals surface area (Å²) in [6.07, 6.45) is 1.60. The molecule has 0 spiro atoms. The van der Waals surface area contributed by atoms with Crippen molar-refractivity contribution >= 4 is 63.0 Å². The molecule has 0 aromatic heterocycles. The van der Waals surface area contributed by atoms with E-state index < -0.39 is 23.6 Å². The molecule has 42 heavy (non-hydrogen) atoms. The van der Waals surface area contributed by atoms with Gasteiger partial charge in [-0.1, -0.05) is 54.1 Å². The minimum absolute atomic E-state index is 0.201. The fourth-order valence-corrected chi connectivity index (χ4v) is 5.46.